The van der Waals surface area contributed by atoms with Gasteiger partial charge >= 0.3 is 0 Å². The van der Waals surface area contributed by atoms with Gasteiger partial charge in [-0.25, -0.2) is 0 Å². The van der Waals surface area contributed by atoms with Crippen molar-refractivity contribution in [3.8, 4) is 5.75 Å². The molecule has 0 saturated heterocycles. The maximum Gasteiger partial charge on any atom is 0.123 e. The van der Waals surface area contributed by atoms with Crippen LogP contribution in [0.2, 0.25) is 0 Å². The number of hydrogen-bond donors (Lipinski definition) is 2. The molecule has 0 spiro atoms. The molecule has 3 N–H and O–H groups in total. The van der Waals surface area contributed by atoms with Gasteiger partial charge in [0.1, 0.15) is 5.75 Å². The van der Waals surface area contributed by atoms with Gasteiger partial charge in [-0.1, -0.05) is 6.92 Å². The summed E-state index contributed by atoms with van der Waals surface area (Å²) in [5.74, 6) is 0.803. The number of hydrogen-bond acceptors (Lipinski definition) is 4. The Bertz CT molecular complexity index is 577. The van der Waals surface area contributed by atoms with Crippen molar-refractivity contribution < 1.29 is 4.74 Å². The maximum atomic E-state index is 5.90. The standard InChI is InChI=1S/C15H22N4O/c1-4-5-20-15-7-13(16)6-14(8-15)17-9-12-10-18-19(3)11(12)2/h6-8,10,17H,4-5,9,16H2,1-3H3. The summed E-state index contributed by atoms with van der Waals surface area (Å²) >= 11 is 0. The number of anilines is 2. The topological polar surface area (TPSA) is 65.1 Å². The number of nitrogens with one attached hydrogen (secondary N) is 1. The first-order valence-electron chi connectivity index (χ1n) is 6.85. The maximum absolute atomic E-state index is 5.90. The molecular weight excluding hydrogens is 252 g/mol. The van der Waals surface area contributed by atoms with E-state index in [2.05, 4.69) is 24.3 Å². The highest BCUT2D eigenvalue weighted by molar-refractivity contribution is 5.59. The van der Waals surface area contributed by atoms with E-state index in [1.165, 1.54) is 5.56 Å². The van der Waals surface area contributed by atoms with Crippen molar-refractivity contribution in [2.75, 3.05) is 17.7 Å². The Kier molecular flexibility index (Phi) is 4.50. The molecule has 2 rings (SSSR count). The van der Waals surface area contributed by atoms with Crippen LogP contribution in [-0.4, -0.2) is 16.4 Å². The highest BCUT2D eigenvalue weighted by Crippen LogP contribution is 2.23. The fourth-order valence-corrected chi connectivity index (χ4v) is 1.94. The van der Waals surface area contributed by atoms with Gasteiger partial charge in [0.2, 0.25) is 0 Å². The zero-order chi connectivity index (χ0) is 14.5. The molecule has 0 bridgehead atoms. The summed E-state index contributed by atoms with van der Waals surface area (Å²) in [6, 6.07) is 5.72. The lowest BCUT2D eigenvalue weighted by atomic mass is 10.2. The van der Waals surface area contributed by atoms with Crippen molar-refractivity contribution in [3.63, 3.8) is 0 Å². The lowest BCUT2D eigenvalue weighted by Gasteiger charge is -2.11. The number of aromatic nitrogens is 2. The molecule has 0 amide bonds. The largest absolute Gasteiger partial charge is 0.493 e. The number of rotatable bonds is 6. The lowest BCUT2D eigenvalue weighted by molar-refractivity contribution is 0.318. The van der Waals surface area contributed by atoms with E-state index < -0.39 is 0 Å². The fourth-order valence-electron chi connectivity index (χ4n) is 1.94. The minimum Gasteiger partial charge on any atom is -0.493 e. The number of ether oxygens (including phenoxy) is 1. The zero-order valence-electron chi connectivity index (χ0n) is 12.3. The van der Waals surface area contributed by atoms with Gasteiger partial charge in [-0.05, 0) is 19.4 Å². The second-order valence-corrected chi connectivity index (χ2v) is 4.87. The summed E-state index contributed by atoms with van der Waals surface area (Å²) < 4.78 is 7.49. The zero-order valence-corrected chi connectivity index (χ0v) is 12.3. The molecule has 20 heavy (non-hydrogen) atoms. The third-order valence-corrected chi connectivity index (χ3v) is 3.22. The summed E-state index contributed by atoms with van der Waals surface area (Å²) in [5.41, 5.74) is 9.88. The molecule has 2 aromatic rings. The predicted octanol–water partition coefficient (Wildman–Crippen LogP) is 2.71. The van der Waals surface area contributed by atoms with Gasteiger partial charge < -0.3 is 15.8 Å². The first-order chi connectivity index (χ1) is 9.60. The van der Waals surface area contributed by atoms with E-state index in [1.54, 1.807) is 0 Å². The number of aryl methyl sites for hydroxylation is 1. The molecule has 108 valence electrons. The Morgan fingerprint density at radius 1 is 1.35 bits per heavy atom. The van der Waals surface area contributed by atoms with Crippen molar-refractivity contribution in [2.24, 2.45) is 7.05 Å². The fraction of sp³-hybridized carbons (Fsp3) is 0.400. The van der Waals surface area contributed by atoms with Crippen LogP contribution in [0.4, 0.5) is 11.4 Å². The highest BCUT2D eigenvalue weighted by Gasteiger charge is 2.04. The third-order valence-electron chi connectivity index (χ3n) is 3.22. The van der Waals surface area contributed by atoms with Crippen molar-refractivity contribution >= 4 is 11.4 Å². The molecule has 0 aliphatic carbocycles. The number of nitrogens with zero attached hydrogens (tertiary/aromatic N) is 2. The van der Waals surface area contributed by atoms with Crippen LogP contribution < -0.4 is 15.8 Å². The summed E-state index contributed by atoms with van der Waals surface area (Å²) in [6.45, 7) is 5.55. The number of nitrogens with two attached hydrogens (primary N) is 1. The SMILES string of the molecule is CCCOc1cc(N)cc(NCc2cnn(C)c2C)c1. The summed E-state index contributed by atoms with van der Waals surface area (Å²) in [4.78, 5) is 0. The average molecular weight is 274 g/mol. The van der Waals surface area contributed by atoms with Gasteiger partial charge in [0.25, 0.3) is 0 Å². The van der Waals surface area contributed by atoms with Gasteiger partial charge in [0.15, 0.2) is 0 Å². The van der Waals surface area contributed by atoms with Crippen LogP contribution in [-0.2, 0) is 13.6 Å². The number of benzene rings is 1. The quantitative estimate of drug-likeness (QED) is 0.795. The van der Waals surface area contributed by atoms with Crippen molar-refractivity contribution in [3.05, 3.63) is 35.7 Å². The van der Waals surface area contributed by atoms with E-state index in [0.717, 1.165) is 30.1 Å². The molecule has 0 radical (unpaired) electrons. The molecule has 1 aromatic carbocycles. The predicted molar refractivity (Wildman–Crippen MR) is 81.9 cm³/mol. The molecule has 0 fully saturated rings. The highest BCUT2D eigenvalue weighted by atomic mass is 16.5. The van der Waals surface area contributed by atoms with Gasteiger partial charge in [-0.3, -0.25) is 4.68 Å². The first kappa shape index (κ1) is 14.2. The van der Waals surface area contributed by atoms with Crippen LogP contribution in [0.3, 0.4) is 0 Å². The summed E-state index contributed by atoms with van der Waals surface area (Å²) in [6.07, 6.45) is 2.86. The van der Waals surface area contributed by atoms with Crippen molar-refractivity contribution in [1.29, 1.82) is 0 Å². The van der Waals surface area contributed by atoms with E-state index in [1.807, 2.05) is 36.1 Å². The average Bonchev–Trinajstić information content (AvgIpc) is 2.74. The Hall–Kier alpha value is -2.17. The van der Waals surface area contributed by atoms with Gasteiger partial charge in [0.05, 0.1) is 12.8 Å². The molecular formula is C15H22N4O. The van der Waals surface area contributed by atoms with Crippen molar-refractivity contribution in [1.82, 2.24) is 9.78 Å². The Morgan fingerprint density at radius 2 is 2.15 bits per heavy atom. The molecule has 0 aliphatic heterocycles. The molecule has 1 heterocycles. The van der Waals surface area contributed by atoms with Crippen LogP contribution in [0.5, 0.6) is 5.75 Å². The normalized spacial score (nSPS) is 10.6. The monoisotopic (exact) mass is 274 g/mol. The van der Waals surface area contributed by atoms with Crippen LogP contribution in [0.25, 0.3) is 0 Å². The minimum atomic E-state index is 0.698. The second kappa shape index (κ2) is 6.32. The minimum absolute atomic E-state index is 0.698. The van der Waals surface area contributed by atoms with E-state index in [9.17, 15) is 0 Å². The molecule has 0 atom stereocenters. The number of nitrogen functional groups attached to an aromatic ring is 1. The van der Waals surface area contributed by atoms with Gasteiger partial charge in [-0.2, -0.15) is 5.10 Å². The van der Waals surface area contributed by atoms with Crippen LogP contribution >= 0.6 is 0 Å². The van der Waals surface area contributed by atoms with E-state index in [-0.39, 0.29) is 0 Å². The van der Waals surface area contributed by atoms with Crippen LogP contribution in [0.15, 0.2) is 24.4 Å². The van der Waals surface area contributed by atoms with E-state index in [4.69, 9.17) is 10.5 Å². The Balaban J connectivity index is 2.05. The smallest absolute Gasteiger partial charge is 0.123 e. The van der Waals surface area contributed by atoms with E-state index in [0.29, 0.717) is 12.3 Å². The molecule has 0 saturated carbocycles. The second-order valence-electron chi connectivity index (χ2n) is 4.87. The molecule has 0 aliphatic rings. The summed E-state index contributed by atoms with van der Waals surface area (Å²) in [7, 11) is 1.94. The molecule has 0 unspecified atom stereocenters. The molecule has 5 heteroatoms. The third kappa shape index (κ3) is 3.44. The van der Waals surface area contributed by atoms with Gasteiger partial charge in [0, 0.05) is 48.4 Å². The molecule has 1 aromatic heterocycles. The van der Waals surface area contributed by atoms with Crippen molar-refractivity contribution in [2.45, 2.75) is 26.8 Å². The first-order valence-corrected chi connectivity index (χ1v) is 6.85. The van der Waals surface area contributed by atoms with Gasteiger partial charge in [-0.15, -0.1) is 0 Å². The summed E-state index contributed by atoms with van der Waals surface area (Å²) in [5, 5.41) is 7.59. The Morgan fingerprint density at radius 3 is 2.80 bits per heavy atom. The van der Waals surface area contributed by atoms with E-state index >= 15 is 0 Å². The lowest BCUT2D eigenvalue weighted by Crippen LogP contribution is -2.03. The Labute approximate surface area is 119 Å². The molecule has 5 nitrogen and oxygen atoms in total. The van der Waals surface area contributed by atoms with Crippen LogP contribution in [0, 0.1) is 6.92 Å². The van der Waals surface area contributed by atoms with Crippen LogP contribution in [0.1, 0.15) is 24.6 Å².